The van der Waals surface area contributed by atoms with Crippen LogP contribution in [0.3, 0.4) is 0 Å². The molecule has 1 aliphatic heterocycles. The number of aromatic nitrogens is 2. The maximum Gasteiger partial charge on any atom is 0.115 e. The van der Waals surface area contributed by atoms with Crippen molar-refractivity contribution in [3.8, 4) is 0 Å². The Balaban J connectivity index is 2.05. The molecule has 4 nitrogen and oxygen atoms in total. The highest BCUT2D eigenvalue weighted by Crippen LogP contribution is 2.38. The van der Waals surface area contributed by atoms with E-state index in [0.29, 0.717) is 6.54 Å². The van der Waals surface area contributed by atoms with Crippen LogP contribution in [0.4, 0.5) is 0 Å². The molecule has 0 unspecified atom stereocenters. The van der Waals surface area contributed by atoms with Gasteiger partial charge in [-0.25, -0.2) is 9.97 Å². The molecule has 1 fully saturated rings. The molecule has 1 aromatic heterocycles. The second-order valence-corrected chi connectivity index (χ2v) is 5.55. The summed E-state index contributed by atoms with van der Waals surface area (Å²) in [4.78, 5) is 10.2. The van der Waals surface area contributed by atoms with Crippen molar-refractivity contribution in [1.82, 2.24) is 14.9 Å². The second-order valence-electron chi connectivity index (χ2n) is 5.55. The van der Waals surface area contributed by atoms with Crippen LogP contribution in [0.1, 0.15) is 26.3 Å². The normalized spacial score (nSPS) is 29.5. The third-order valence-electron chi connectivity index (χ3n) is 3.63. The van der Waals surface area contributed by atoms with Crippen LogP contribution in [0.2, 0.25) is 0 Å². The van der Waals surface area contributed by atoms with Crippen LogP contribution in [0, 0.1) is 5.41 Å². The van der Waals surface area contributed by atoms with Gasteiger partial charge in [-0.1, -0.05) is 13.8 Å². The summed E-state index contributed by atoms with van der Waals surface area (Å²) in [5.74, 6) is 0. The minimum absolute atomic E-state index is 0.0668. The molecular formula is C12H19N3O. The van der Waals surface area contributed by atoms with Gasteiger partial charge in [-0.3, -0.25) is 4.90 Å². The molecule has 0 spiro atoms. The van der Waals surface area contributed by atoms with Gasteiger partial charge >= 0.3 is 0 Å². The second kappa shape index (κ2) is 3.79. The van der Waals surface area contributed by atoms with Gasteiger partial charge in [-0.05, 0) is 6.92 Å². The molecule has 2 rings (SSSR count). The van der Waals surface area contributed by atoms with Gasteiger partial charge in [0.05, 0.1) is 5.60 Å². The van der Waals surface area contributed by atoms with Crippen LogP contribution in [0.15, 0.2) is 18.7 Å². The Labute approximate surface area is 96.3 Å². The summed E-state index contributed by atoms with van der Waals surface area (Å²) in [6, 6.07) is 0. The summed E-state index contributed by atoms with van der Waals surface area (Å²) >= 11 is 0. The first-order chi connectivity index (χ1) is 7.41. The first-order valence-electron chi connectivity index (χ1n) is 5.59. The van der Waals surface area contributed by atoms with Crippen LogP contribution in [-0.4, -0.2) is 38.7 Å². The minimum atomic E-state index is -0.622. The molecule has 1 aromatic rings. The van der Waals surface area contributed by atoms with Gasteiger partial charge in [0, 0.05) is 43.0 Å². The summed E-state index contributed by atoms with van der Waals surface area (Å²) in [7, 11) is 0. The van der Waals surface area contributed by atoms with Gasteiger partial charge in [0.2, 0.25) is 0 Å². The summed E-state index contributed by atoms with van der Waals surface area (Å²) < 4.78 is 0. The lowest BCUT2D eigenvalue weighted by atomic mass is 9.79. The molecule has 88 valence electrons. The lowest BCUT2D eigenvalue weighted by Gasteiger charge is -2.31. The monoisotopic (exact) mass is 221 g/mol. The Morgan fingerprint density at radius 1 is 1.25 bits per heavy atom. The van der Waals surface area contributed by atoms with Crippen molar-refractivity contribution in [3.05, 3.63) is 24.3 Å². The Morgan fingerprint density at radius 2 is 1.88 bits per heavy atom. The quantitative estimate of drug-likeness (QED) is 0.811. The van der Waals surface area contributed by atoms with E-state index in [1.165, 1.54) is 6.33 Å². The topological polar surface area (TPSA) is 49.2 Å². The Hall–Kier alpha value is -1.00. The van der Waals surface area contributed by atoms with Crippen molar-refractivity contribution in [2.75, 3.05) is 13.1 Å². The Morgan fingerprint density at radius 3 is 2.38 bits per heavy atom. The molecule has 1 aliphatic rings. The third kappa shape index (κ3) is 2.08. The van der Waals surface area contributed by atoms with Crippen molar-refractivity contribution in [2.24, 2.45) is 5.41 Å². The van der Waals surface area contributed by atoms with E-state index in [-0.39, 0.29) is 5.41 Å². The average molecular weight is 221 g/mol. The van der Waals surface area contributed by atoms with E-state index in [9.17, 15) is 5.11 Å². The Kier molecular flexibility index (Phi) is 2.72. The molecule has 1 N–H and O–H groups in total. The molecule has 1 saturated heterocycles. The fourth-order valence-electron chi connectivity index (χ4n) is 2.22. The number of aliphatic hydroxyl groups is 1. The number of likely N-dealkylation sites (tertiary alicyclic amines) is 1. The standard InChI is InChI=1S/C12H19N3O/c1-11(2)7-15(8-12(11,3)16)6-10-4-13-9-14-5-10/h4-5,9,16H,6-8H2,1-3H3/t12-/m0/s1. The molecule has 0 bridgehead atoms. The predicted octanol–water partition coefficient (Wildman–Crippen LogP) is 1.07. The SMILES string of the molecule is CC1(C)CN(Cc2cncnc2)C[C@]1(C)O. The number of hydrogen-bond donors (Lipinski definition) is 1. The minimum Gasteiger partial charge on any atom is -0.388 e. The summed E-state index contributed by atoms with van der Waals surface area (Å²) in [6.45, 7) is 8.53. The molecule has 0 radical (unpaired) electrons. The van der Waals surface area contributed by atoms with Gasteiger partial charge in [-0.2, -0.15) is 0 Å². The van der Waals surface area contributed by atoms with Gasteiger partial charge in [0.1, 0.15) is 6.33 Å². The van der Waals surface area contributed by atoms with Crippen molar-refractivity contribution >= 4 is 0 Å². The number of hydrogen-bond acceptors (Lipinski definition) is 4. The van der Waals surface area contributed by atoms with E-state index in [4.69, 9.17) is 0 Å². The summed E-state index contributed by atoms with van der Waals surface area (Å²) in [5, 5.41) is 10.3. The van der Waals surface area contributed by atoms with E-state index in [0.717, 1.165) is 18.7 Å². The van der Waals surface area contributed by atoms with E-state index < -0.39 is 5.60 Å². The molecule has 1 atom stereocenters. The van der Waals surface area contributed by atoms with Crippen molar-refractivity contribution in [1.29, 1.82) is 0 Å². The predicted molar refractivity (Wildman–Crippen MR) is 61.7 cm³/mol. The van der Waals surface area contributed by atoms with Crippen LogP contribution >= 0.6 is 0 Å². The van der Waals surface area contributed by atoms with Gasteiger partial charge < -0.3 is 5.11 Å². The van der Waals surface area contributed by atoms with E-state index >= 15 is 0 Å². The van der Waals surface area contributed by atoms with Crippen molar-refractivity contribution < 1.29 is 5.11 Å². The van der Waals surface area contributed by atoms with E-state index in [1.54, 1.807) is 0 Å². The van der Waals surface area contributed by atoms with Crippen LogP contribution in [-0.2, 0) is 6.54 Å². The first kappa shape index (κ1) is 11.5. The smallest absolute Gasteiger partial charge is 0.115 e. The zero-order valence-electron chi connectivity index (χ0n) is 10.1. The van der Waals surface area contributed by atoms with Crippen molar-refractivity contribution in [3.63, 3.8) is 0 Å². The fraction of sp³-hybridized carbons (Fsp3) is 0.667. The van der Waals surface area contributed by atoms with Gasteiger partial charge in [0.15, 0.2) is 0 Å². The van der Waals surface area contributed by atoms with Crippen molar-refractivity contribution in [2.45, 2.75) is 32.9 Å². The maximum absolute atomic E-state index is 10.3. The third-order valence-corrected chi connectivity index (χ3v) is 3.63. The summed E-state index contributed by atoms with van der Waals surface area (Å²) in [6.07, 6.45) is 5.19. The number of nitrogens with zero attached hydrogens (tertiary/aromatic N) is 3. The molecule has 0 aromatic carbocycles. The summed E-state index contributed by atoms with van der Waals surface area (Å²) in [5.41, 5.74) is 0.404. The van der Waals surface area contributed by atoms with E-state index in [1.807, 2.05) is 19.3 Å². The molecule has 0 aliphatic carbocycles. The highest BCUT2D eigenvalue weighted by Gasteiger charge is 2.47. The maximum atomic E-state index is 10.3. The molecular weight excluding hydrogens is 202 g/mol. The molecule has 0 saturated carbocycles. The van der Waals surface area contributed by atoms with Crippen LogP contribution < -0.4 is 0 Å². The lowest BCUT2D eigenvalue weighted by Crippen LogP contribution is -2.40. The molecule has 0 amide bonds. The Bertz CT molecular complexity index is 346. The van der Waals surface area contributed by atoms with E-state index in [2.05, 4.69) is 28.7 Å². The lowest BCUT2D eigenvalue weighted by molar-refractivity contribution is -0.0111. The largest absolute Gasteiger partial charge is 0.388 e. The highest BCUT2D eigenvalue weighted by atomic mass is 16.3. The number of rotatable bonds is 2. The first-order valence-corrected chi connectivity index (χ1v) is 5.59. The zero-order valence-corrected chi connectivity index (χ0v) is 10.1. The van der Waals surface area contributed by atoms with Crippen LogP contribution in [0.25, 0.3) is 0 Å². The van der Waals surface area contributed by atoms with Crippen LogP contribution in [0.5, 0.6) is 0 Å². The fourth-order valence-corrected chi connectivity index (χ4v) is 2.22. The molecule has 16 heavy (non-hydrogen) atoms. The van der Waals surface area contributed by atoms with Gasteiger partial charge in [-0.15, -0.1) is 0 Å². The highest BCUT2D eigenvalue weighted by molar-refractivity contribution is 5.06. The number of β-amino-alcohol motifs (C(OH)–C–C–N with tert-alkyl or cyclic N) is 1. The zero-order chi connectivity index (χ0) is 11.8. The molecule has 4 heteroatoms. The molecule has 2 heterocycles. The average Bonchev–Trinajstić information content (AvgIpc) is 2.36. The van der Waals surface area contributed by atoms with Gasteiger partial charge in [0.25, 0.3) is 0 Å².